The number of carbonyl (C=O) groups is 1. The molecular formula is C18H24N4O2. The fourth-order valence-corrected chi connectivity index (χ4v) is 3.38. The summed E-state index contributed by atoms with van der Waals surface area (Å²) in [7, 11) is 0. The highest BCUT2D eigenvalue weighted by Gasteiger charge is 2.22. The molecule has 1 aromatic heterocycles. The first-order valence-corrected chi connectivity index (χ1v) is 8.48. The molecule has 1 saturated heterocycles. The number of anilines is 1. The lowest BCUT2D eigenvalue weighted by Gasteiger charge is -2.33. The quantitative estimate of drug-likeness (QED) is 0.666. The summed E-state index contributed by atoms with van der Waals surface area (Å²) in [6.45, 7) is 6.09. The van der Waals surface area contributed by atoms with Crippen molar-refractivity contribution in [3.8, 4) is 0 Å². The van der Waals surface area contributed by atoms with Crippen molar-refractivity contribution in [2.24, 2.45) is 5.92 Å². The molecule has 0 unspecified atom stereocenters. The summed E-state index contributed by atoms with van der Waals surface area (Å²) in [6.07, 6.45) is 4.92. The van der Waals surface area contributed by atoms with E-state index in [1.54, 1.807) is 11.8 Å². The van der Waals surface area contributed by atoms with Gasteiger partial charge in [0.05, 0.1) is 5.52 Å². The molecule has 6 heteroatoms. The largest absolute Gasteiger partial charge is 0.356 e. The molecule has 24 heavy (non-hydrogen) atoms. The van der Waals surface area contributed by atoms with E-state index in [1.165, 1.54) is 11.1 Å². The van der Waals surface area contributed by atoms with E-state index in [0.29, 0.717) is 12.3 Å². The van der Waals surface area contributed by atoms with Gasteiger partial charge in [-0.3, -0.25) is 10.0 Å². The third-order valence-corrected chi connectivity index (χ3v) is 5.05. The van der Waals surface area contributed by atoms with E-state index in [0.717, 1.165) is 49.1 Å². The highest BCUT2D eigenvalue weighted by molar-refractivity contribution is 5.90. The SMILES string of the molecule is Cc1cc2ncnc(N3CCC(CCC(=O)NO)CC3)c2cc1C. The number of aromatic nitrogens is 2. The third-order valence-electron chi connectivity index (χ3n) is 5.05. The third kappa shape index (κ3) is 3.48. The highest BCUT2D eigenvalue weighted by Crippen LogP contribution is 2.30. The molecule has 0 radical (unpaired) electrons. The van der Waals surface area contributed by atoms with Gasteiger partial charge in [0.2, 0.25) is 5.91 Å². The van der Waals surface area contributed by atoms with Gasteiger partial charge in [0, 0.05) is 24.9 Å². The summed E-state index contributed by atoms with van der Waals surface area (Å²) >= 11 is 0. The van der Waals surface area contributed by atoms with Crippen LogP contribution in [0.2, 0.25) is 0 Å². The smallest absolute Gasteiger partial charge is 0.243 e. The van der Waals surface area contributed by atoms with Gasteiger partial charge in [0.1, 0.15) is 12.1 Å². The molecule has 2 N–H and O–H groups in total. The van der Waals surface area contributed by atoms with Crippen LogP contribution in [0.15, 0.2) is 18.5 Å². The minimum absolute atomic E-state index is 0.301. The average Bonchev–Trinajstić information content (AvgIpc) is 2.60. The van der Waals surface area contributed by atoms with Crippen LogP contribution < -0.4 is 10.4 Å². The van der Waals surface area contributed by atoms with Gasteiger partial charge in [-0.2, -0.15) is 0 Å². The zero-order valence-electron chi connectivity index (χ0n) is 14.2. The van der Waals surface area contributed by atoms with Crippen molar-refractivity contribution in [3.63, 3.8) is 0 Å². The van der Waals surface area contributed by atoms with Crippen molar-refractivity contribution >= 4 is 22.6 Å². The van der Waals surface area contributed by atoms with Crippen molar-refractivity contribution in [2.45, 2.75) is 39.5 Å². The second-order valence-electron chi connectivity index (χ2n) is 6.65. The molecule has 0 aliphatic carbocycles. The van der Waals surface area contributed by atoms with Gasteiger partial charge in [-0.1, -0.05) is 0 Å². The Labute approximate surface area is 141 Å². The number of benzene rings is 1. The van der Waals surface area contributed by atoms with Gasteiger partial charge in [-0.15, -0.1) is 0 Å². The summed E-state index contributed by atoms with van der Waals surface area (Å²) in [5.41, 5.74) is 5.19. The molecule has 0 spiro atoms. The molecule has 1 fully saturated rings. The zero-order valence-corrected chi connectivity index (χ0v) is 14.2. The van der Waals surface area contributed by atoms with Crippen LogP contribution in [-0.4, -0.2) is 34.2 Å². The Morgan fingerprint density at radius 3 is 2.67 bits per heavy atom. The average molecular weight is 328 g/mol. The first-order chi connectivity index (χ1) is 11.6. The number of hydrogen-bond donors (Lipinski definition) is 2. The maximum absolute atomic E-state index is 11.2. The lowest BCUT2D eigenvalue weighted by molar-refractivity contribution is -0.129. The maximum Gasteiger partial charge on any atom is 0.243 e. The Kier molecular flexibility index (Phi) is 4.94. The maximum atomic E-state index is 11.2. The van der Waals surface area contributed by atoms with Crippen LogP contribution in [0.3, 0.4) is 0 Å². The number of hydroxylamine groups is 1. The second kappa shape index (κ2) is 7.13. The number of carbonyl (C=O) groups excluding carboxylic acids is 1. The number of nitrogens with one attached hydrogen (secondary N) is 1. The molecule has 2 aromatic rings. The minimum atomic E-state index is -0.301. The van der Waals surface area contributed by atoms with Crippen molar-refractivity contribution in [1.82, 2.24) is 15.4 Å². The van der Waals surface area contributed by atoms with Crippen LogP contribution in [0.5, 0.6) is 0 Å². The molecule has 1 aliphatic rings. The standard InChI is InChI=1S/C18H24N4O2/c1-12-9-15-16(10-13(12)2)19-11-20-18(15)22-7-5-14(6-8-22)3-4-17(23)21-24/h9-11,14,24H,3-8H2,1-2H3,(H,21,23). The monoisotopic (exact) mass is 328 g/mol. The highest BCUT2D eigenvalue weighted by atomic mass is 16.5. The van der Waals surface area contributed by atoms with Gasteiger partial charge in [0.15, 0.2) is 0 Å². The molecular weight excluding hydrogens is 304 g/mol. The minimum Gasteiger partial charge on any atom is -0.356 e. The fourth-order valence-electron chi connectivity index (χ4n) is 3.38. The van der Waals surface area contributed by atoms with Crippen LogP contribution in [0.25, 0.3) is 10.9 Å². The summed E-state index contributed by atoms with van der Waals surface area (Å²) in [5.74, 6) is 1.23. The molecule has 0 saturated carbocycles. The van der Waals surface area contributed by atoms with E-state index in [1.807, 2.05) is 0 Å². The summed E-state index contributed by atoms with van der Waals surface area (Å²) in [4.78, 5) is 22.4. The predicted molar refractivity (Wildman–Crippen MR) is 93.1 cm³/mol. The molecule has 0 atom stereocenters. The number of fused-ring (bicyclic) bond motifs is 1. The van der Waals surface area contributed by atoms with Crippen LogP contribution >= 0.6 is 0 Å². The van der Waals surface area contributed by atoms with E-state index in [4.69, 9.17) is 5.21 Å². The van der Waals surface area contributed by atoms with E-state index in [9.17, 15) is 4.79 Å². The van der Waals surface area contributed by atoms with Crippen LogP contribution in [0.1, 0.15) is 36.8 Å². The Hall–Kier alpha value is -2.21. The molecule has 0 bridgehead atoms. The number of amides is 1. The van der Waals surface area contributed by atoms with Gasteiger partial charge < -0.3 is 4.90 Å². The number of rotatable bonds is 4. The lowest BCUT2D eigenvalue weighted by atomic mass is 9.92. The zero-order chi connectivity index (χ0) is 17.1. The summed E-state index contributed by atoms with van der Waals surface area (Å²) in [5, 5.41) is 9.69. The Morgan fingerprint density at radius 2 is 1.96 bits per heavy atom. The fraction of sp³-hybridized carbons (Fsp3) is 0.500. The summed E-state index contributed by atoms with van der Waals surface area (Å²) < 4.78 is 0. The van der Waals surface area contributed by atoms with Gasteiger partial charge in [-0.25, -0.2) is 15.4 Å². The van der Waals surface area contributed by atoms with Gasteiger partial charge in [0.25, 0.3) is 0 Å². The van der Waals surface area contributed by atoms with Crippen LogP contribution in [0.4, 0.5) is 5.82 Å². The van der Waals surface area contributed by atoms with Crippen LogP contribution in [-0.2, 0) is 4.79 Å². The topological polar surface area (TPSA) is 78.4 Å². The number of piperidine rings is 1. The van der Waals surface area contributed by atoms with Crippen molar-refractivity contribution in [2.75, 3.05) is 18.0 Å². The summed E-state index contributed by atoms with van der Waals surface area (Å²) in [6, 6.07) is 4.30. The second-order valence-corrected chi connectivity index (χ2v) is 6.65. The number of aryl methyl sites for hydroxylation is 2. The molecule has 1 aromatic carbocycles. The molecule has 1 aliphatic heterocycles. The van der Waals surface area contributed by atoms with Crippen molar-refractivity contribution in [1.29, 1.82) is 0 Å². The van der Waals surface area contributed by atoms with Crippen molar-refractivity contribution in [3.05, 3.63) is 29.6 Å². The van der Waals surface area contributed by atoms with Gasteiger partial charge >= 0.3 is 0 Å². The van der Waals surface area contributed by atoms with E-state index in [-0.39, 0.29) is 5.91 Å². The van der Waals surface area contributed by atoms with Gasteiger partial charge in [-0.05, 0) is 62.3 Å². The Morgan fingerprint density at radius 1 is 1.25 bits per heavy atom. The predicted octanol–water partition coefficient (Wildman–Crippen LogP) is 2.75. The van der Waals surface area contributed by atoms with Crippen LogP contribution in [0, 0.1) is 19.8 Å². The van der Waals surface area contributed by atoms with Crippen molar-refractivity contribution < 1.29 is 10.0 Å². The Bertz CT molecular complexity index is 739. The first-order valence-electron chi connectivity index (χ1n) is 8.48. The lowest BCUT2D eigenvalue weighted by Crippen LogP contribution is -2.34. The Balaban J connectivity index is 1.71. The normalized spacial score (nSPS) is 15.7. The molecule has 1 amide bonds. The first kappa shape index (κ1) is 16.6. The van der Waals surface area contributed by atoms with E-state index < -0.39 is 0 Å². The number of hydrogen-bond acceptors (Lipinski definition) is 5. The van der Waals surface area contributed by atoms with E-state index >= 15 is 0 Å². The molecule has 2 heterocycles. The number of nitrogens with zero attached hydrogens (tertiary/aromatic N) is 3. The van der Waals surface area contributed by atoms with E-state index in [2.05, 4.69) is 40.8 Å². The molecule has 6 nitrogen and oxygen atoms in total. The molecule has 128 valence electrons. The molecule has 3 rings (SSSR count).